The predicted molar refractivity (Wildman–Crippen MR) is 126 cm³/mol. The molecule has 0 bridgehead atoms. The molecular formula is C24H33N3O5S. The van der Waals surface area contributed by atoms with Gasteiger partial charge >= 0.3 is 0 Å². The van der Waals surface area contributed by atoms with Gasteiger partial charge in [0.1, 0.15) is 0 Å². The molecule has 2 fully saturated rings. The van der Waals surface area contributed by atoms with Crippen molar-refractivity contribution in [3.63, 3.8) is 0 Å². The van der Waals surface area contributed by atoms with E-state index in [0.29, 0.717) is 38.4 Å². The summed E-state index contributed by atoms with van der Waals surface area (Å²) in [7, 11) is -3.60. The van der Waals surface area contributed by atoms with Gasteiger partial charge in [-0.3, -0.25) is 9.69 Å². The summed E-state index contributed by atoms with van der Waals surface area (Å²) < 4.78 is 40.7. The Kier molecular flexibility index (Phi) is 7.07. The Bertz CT molecular complexity index is 1110. The van der Waals surface area contributed by atoms with Crippen LogP contribution >= 0.6 is 0 Å². The lowest BCUT2D eigenvalue weighted by Crippen LogP contribution is -2.47. The van der Waals surface area contributed by atoms with Gasteiger partial charge in [0.15, 0.2) is 5.78 Å². The zero-order valence-corrected chi connectivity index (χ0v) is 20.6. The third-order valence-corrected chi connectivity index (χ3v) is 8.17. The molecule has 3 heterocycles. The first-order chi connectivity index (χ1) is 15.7. The van der Waals surface area contributed by atoms with E-state index in [0.717, 1.165) is 30.2 Å². The molecule has 9 heteroatoms. The summed E-state index contributed by atoms with van der Waals surface area (Å²) in [6.07, 6.45) is 0.204. The van der Waals surface area contributed by atoms with Gasteiger partial charge < -0.3 is 14.0 Å². The Morgan fingerprint density at radius 3 is 2.39 bits per heavy atom. The largest absolute Gasteiger partial charge is 0.379 e. The van der Waals surface area contributed by atoms with Crippen molar-refractivity contribution in [3.05, 3.63) is 47.3 Å². The second-order valence-corrected chi connectivity index (χ2v) is 10.9. The van der Waals surface area contributed by atoms with Gasteiger partial charge in [-0.15, -0.1) is 0 Å². The zero-order valence-electron chi connectivity index (χ0n) is 19.8. The highest BCUT2D eigenvalue weighted by molar-refractivity contribution is 7.89. The maximum atomic E-state index is 13.2. The molecule has 4 rings (SSSR count). The van der Waals surface area contributed by atoms with E-state index in [1.54, 1.807) is 18.2 Å². The van der Waals surface area contributed by atoms with Crippen LogP contribution in [0.4, 0.5) is 0 Å². The smallest absolute Gasteiger partial charge is 0.243 e. The van der Waals surface area contributed by atoms with Gasteiger partial charge in [-0.2, -0.15) is 4.31 Å². The number of carbonyl (C=O) groups is 1. The van der Waals surface area contributed by atoms with Crippen molar-refractivity contribution in [1.82, 2.24) is 13.8 Å². The average Bonchev–Trinajstić information content (AvgIpc) is 3.07. The molecular weight excluding hydrogens is 442 g/mol. The summed E-state index contributed by atoms with van der Waals surface area (Å²) >= 11 is 0. The van der Waals surface area contributed by atoms with E-state index < -0.39 is 10.0 Å². The number of ether oxygens (including phenoxy) is 2. The van der Waals surface area contributed by atoms with Crippen LogP contribution in [-0.4, -0.2) is 86.1 Å². The minimum absolute atomic E-state index is 0.0627. The number of morpholine rings is 2. The molecule has 2 unspecified atom stereocenters. The topological polar surface area (TPSA) is 81.1 Å². The van der Waals surface area contributed by atoms with Gasteiger partial charge in [0.05, 0.1) is 36.9 Å². The van der Waals surface area contributed by atoms with Crippen LogP contribution in [0.25, 0.3) is 5.69 Å². The van der Waals surface area contributed by atoms with Gasteiger partial charge in [-0.1, -0.05) is 6.07 Å². The molecule has 0 spiro atoms. The number of Topliss-reactive ketones (excluding diaryl/α,β-unsaturated/α-hetero) is 1. The van der Waals surface area contributed by atoms with E-state index in [1.807, 2.05) is 44.4 Å². The number of nitrogens with zero attached hydrogens (tertiary/aromatic N) is 3. The van der Waals surface area contributed by atoms with Crippen molar-refractivity contribution in [2.75, 3.05) is 45.9 Å². The van der Waals surface area contributed by atoms with Crippen LogP contribution in [-0.2, 0) is 19.5 Å². The Labute approximate surface area is 196 Å². The number of aryl methyl sites for hydroxylation is 1. The molecule has 180 valence electrons. The first kappa shape index (κ1) is 24.1. The van der Waals surface area contributed by atoms with Crippen molar-refractivity contribution in [1.29, 1.82) is 0 Å². The number of rotatable bonds is 6. The van der Waals surface area contributed by atoms with Crippen LogP contribution in [0.15, 0.2) is 35.2 Å². The Hall–Kier alpha value is -2.04. The third kappa shape index (κ3) is 5.07. The number of ketones is 1. The van der Waals surface area contributed by atoms with Crippen LogP contribution in [0.3, 0.4) is 0 Å². The Morgan fingerprint density at radius 2 is 1.73 bits per heavy atom. The van der Waals surface area contributed by atoms with Crippen LogP contribution < -0.4 is 0 Å². The lowest BCUT2D eigenvalue weighted by molar-refractivity contribution is -0.0652. The lowest BCUT2D eigenvalue weighted by atomic mass is 10.1. The molecule has 1 aromatic carbocycles. The highest BCUT2D eigenvalue weighted by Crippen LogP contribution is 2.25. The van der Waals surface area contributed by atoms with E-state index in [9.17, 15) is 13.2 Å². The minimum atomic E-state index is -3.60. The highest BCUT2D eigenvalue weighted by Gasteiger charge is 2.28. The van der Waals surface area contributed by atoms with Crippen LogP contribution in [0, 0.1) is 13.8 Å². The number of hydrogen-bond donors (Lipinski definition) is 0. The maximum Gasteiger partial charge on any atom is 0.243 e. The summed E-state index contributed by atoms with van der Waals surface area (Å²) in [5, 5.41) is 0. The van der Waals surface area contributed by atoms with Gasteiger partial charge in [0.2, 0.25) is 10.0 Å². The number of benzene rings is 1. The molecule has 33 heavy (non-hydrogen) atoms. The molecule has 2 aliphatic heterocycles. The maximum absolute atomic E-state index is 13.2. The fraction of sp³-hybridized carbons (Fsp3) is 0.542. The summed E-state index contributed by atoms with van der Waals surface area (Å²) in [6.45, 7) is 11.2. The second-order valence-electron chi connectivity index (χ2n) is 9.01. The molecule has 0 N–H and O–H groups in total. The molecule has 2 atom stereocenters. The molecule has 0 radical (unpaired) electrons. The fourth-order valence-corrected chi connectivity index (χ4v) is 6.31. The van der Waals surface area contributed by atoms with Gasteiger partial charge in [0, 0.05) is 48.8 Å². The second kappa shape index (κ2) is 9.68. The minimum Gasteiger partial charge on any atom is -0.379 e. The lowest BCUT2D eigenvalue weighted by Gasteiger charge is -2.34. The van der Waals surface area contributed by atoms with Gasteiger partial charge in [-0.05, 0) is 52.0 Å². The molecule has 0 saturated carbocycles. The van der Waals surface area contributed by atoms with Crippen molar-refractivity contribution < 1.29 is 22.7 Å². The molecule has 1 aromatic heterocycles. The fourth-order valence-electron chi connectivity index (χ4n) is 4.86. The molecule has 0 amide bonds. The highest BCUT2D eigenvalue weighted by atomic mass is 32.2. The predicted octanol–water partition coefficient (Wildman–Crippen LogP) is 2.41. The molecule has 8 nitrogen and oxygen atoms in total. The van der Waals surface area contributed by atoms with Crippen molar-refractivity contribution in [2.24, 2.45) is 0 Å². The van der Waals surface area contributed by atoms with Crippen LogP contribution in [0.5, 0.6) is 0 Å². The van der Waals surface area contributed by atoms with E-state index in [2.05, 4.69) is 4.90 Å². The van der Waals surface area contributed by atoms with E-state index >= 15 is 0 Å². The monoisotopic (exact) mass is 475 g/mol. The number of sulfonamides is 1. The molecule has 2 saturated heterocycles. The number of hydrogen-bond acceptors (Lipinski definition) is 6. The van der Waals surface area contributed by atoms with Crippen molar-refractivity contribution >= 4 is 15.8 Å². The summed E-state index contributed by atoms with van der Waals surface area (Å²) in [4.78, 5) is 15.6. The molecule has 0 aliphatic carbocycles. The number of aromatic nitrogens is 1. The van der Waals surface area contributed by atoms with Crippen molar-refractivity contribution in [3.8, 4) is 5.69 Å². The van der Waals surface area contributed by atoms with E-state index in [4.69, 9.17) is 9.47 Å². The quantitative estimate of drug-likeness (QED) is 0.597. The van der Waals surface area contributed by atoms with Gasteiger partial charge in [0.25, 0.3) is 0 Å². The Balaban J connectivity index is 1.59. The van der Waals surface area contributed by atoms with Gasteiger partial charge in [-0.25, -0.2) is 8.42 Å². The third-order valence-electron chi connectivity index (χ3n) is 6.28. The zero-order chi connectivity index (χ0) is 23.8. The van der Waals surface area contributed by atoms with E-state index in [1.165, 1.54) is 4.31 Å². The SMILES string of the molecule is Cc1cc(C(=O)CN2CC(C)OC(C)C2)c(C)n1-c1cccc(S(=O)(=O)N2CCOCC2)c1. The van der Waals surface area contributed by atoms with Crippen molar-refractivity contribution in [2.45, 2.75) is 44.8 Å². The summed E-state index contributed by atoms with van der Waals surface area (Å²) in [5.41, 5.74) is 3.10. The molecule has 2 aromatic rings. The number of carbonyl (C=O) groups excluding carboxylic acids is 1. The first-order valence-electron chi connectivity index (χ1n) is 11.4. The van der Waals surface area contributed by atoms with E-state index in [-0.39, 0.29) is 22.9 Å². The normalized spacial score (nSPS) is 23.0. The van der Waals surface area contributed by atoms with Crippen LogP contribution in [0.2, 0.25) is 0 Å². The average molecular weight is 476 g/mol. The summed E-state index contributed by atoms with van der Waals surface area (Å²) in [6, 6.07) is 8.82. The molecule has 2 aliphatic rings. The standard InChI is InChI=1S/C24H33N3O5S/c1-17-12-23(24(28)16-25-14-18(2)32-19(3)15-25)20(4)27(17)21-6-5-7-22(13-21)33(29,30)26-8-10-31-11-9-26/h5-7,12-13,18-19H,8-11,14-16H2,1-4H3. The first-order valence-corrected chi connectivity index (χ1v) is 12.9. The summed E-state index contributed by atoms with van der Waals surface area (Å²) in [5.74, 6) is 0.0627. The van der Waals surface area contributed by atoms with Crippen LogP contribution in [0.1, 0.15) is 35.6 Å². The Morgan fingerprint density at radius 1 is 1.06 bits per heavy atom.